The molecule has 34 heteroatoms. The second-order valence-corrected chi connectivity index (χ2v) is 36.4. The van der Waals surface area contributed by atoms with Gasteiger partial charge in [0.25, 0.3) is 0 Å². The van der Waals surface area contributed by atoms with E-state index in [4.69, 9.17) is 49.7 Å². The van der Waals surface area contributed by atoms with E-state index in [1.807, 2.05) is 0 Å². The predicted octanol–water partition coefficient (Wildman–Crippen LogP) is 13.6. The lowest BCUT2D eigenvalue weighted by Gasteiger charge is -2.45. The van der Waals surface area contributed by atoms with Crippen molar-refractivity contribution in [2.75, 3.05) is 0 Å². The lowest BCUT2D eigenvalue weighted by molar-refractivity contribution is -0.439. The Labute approximate surface area is 322 Å². The van der Waals surface area contributed by atoms with E-state index in [-0.39, 0.29) is 0 Å². The first kappa shape index (κ1) is 56.3. The molecule has 338 valence electrons. The molecule has 3 unspecified atom stereocenters. The van der Waals surface area contributed by atoms with Crippen LogP contribution in [-0.2, 0) is 16.5 Å². The summed E-state index contributed by atoms with van der Waals surface area (Å²) in [6.45, 7) is 3.36. The first-order valence-electron chi connectivity index (χ1n) is 14.9. The molecular formula is C22H31Cl3F22O4Si5. The summed E-state index contributed by atoms with van der Waals surface area (Å²) in [5.41, 5.74) is 0. The van der Waals surface area contributed by atoms with Crippen LogP contribution in [0.25, 0.3) is 0 Å². The fraction of sp³-hybridized carbons (Fsp3) is 1.00. The van der Waals surface area contributed by atoms with E-state index >= 15 is 0 Å². The van der Waals surface area contributed by atoms with Crippen molar-refractivity contribution in [3.05, 3.63) is 0 Å². The monoisotopic (exact) mass is 1020 g/mol. The molecule has 0 aliphatic rings. The zero-order chi connectivity index (χ0) is 45.5. The van der Waals surface area contributed by atoms with E-state index in [0.717, 1.165) is 6.55 Å². The number of hydrogen-bond acceptors (Lipinski definition) is 4. The summed E-state index contributed by atoms with van der Waals surface area (Å²) in [5.74, 6) is -38.7. The van der Waals surface area contributed by atoms with Crippen molar-refractivity contribution in [3.8, 4) is 0 Å². The molecule has 0 N–H and O–H groups in total. The summed E-state index contributed by atoms with van der Waals surface area (Å²) >= 11 is 17.0. The van der Waals surface area contributed by atoms with Gasteiger partial charge in [0.05, 0.1) is 0 Å². The molecule has 0 rings (SSSR count). The van der Waals surface area contributed by atoms with Gasteiger partial charge in [0, 0.05) is 25.7 Å². The van der Waals surface area contributed by atoms with Gasteiger partial charge in [-0.2, -0.15) is 96.6 Å². The summed E-state index contributed by atoms with van der Waals surface area (Å²) < 4.78 is 319. The Morgan fingerprint density at radius 1 is 0.357 bits per heavy atom. The molecule has 0 heterocycles. The fourth-order valence-corrected chi connectivity index (χ4v) is 30.6. The van der Waals surface area contributed by atoms with Gasteiger partial charge in [0.15, 0.2) is 8.32 Å². The highest BCUT2D eigenvalue weighted by Crippen LogP contribution is 2.61. The second-order valence-electron chi connectivity index (χ2n) is 13.4. The van der Waals surface area contributed by atoms with E-state index < -0.39 is 144 Å². The van der Waals surface area contributed by atoms with Crippen molar-refractivity contribution >= 4 is 73.5 Å². The van der Waals surface area contributed by atoms with Gasteiger partial charge < -0.3 is 16.5 Å². The van der Waals surface area contributed by atoms with Crippen molar-refractivity contribution in [2.45, 2.75) is 137 Å². The maximum absolute atomic E-state index is 14.6. The van der Waals surface area contributed by atoms with E-state index in [9.17, 15) is 96.6 Å². The zero-order valence-corrected chi connectivity index (χ0v) is 36.0. The van der Waals surface area contributed by atoms with Crippen LogP contribution in [0, 0.1) is 0 Å². The normalized spacial score (nSPS) is 18.8. The minimum absolute atomic E-state index is 0.621. The minimum atomic E-state index is -8.21. The van der Waals surface area contributed by atoms with Gasteiger partial charge in [-0.1, -0.05) is 33.2 Å². The van der Waals surface area contributed by atoms with Crippen LogP contribution in [-0.4, -0.2) is 94.6 Å². The lowest BCUT2D eigenvalue weighted by atomic mass is 9.93. The maximum atomic E-state index is 14.6. The number of rotatable bonds is 21. The molecule has 3 atom stereocenters. The summed E-state index contributed by atoms with van der Waals surface area (Å²) in [6.07, 6.45) is -36.0. The number of alkyl halides is 22. The molecule has 0 fully saturated rings. The van der Waals surface area contributed by atoms with Gasteiger partial charge in [-0.15, -0.1) is 0 Å². The summed E-state index contributed by atoms with van der Waals surface area (Å²) in [7, 11) is -19.4. The second kappa shape index (κ2) is 17.6. The molecule has 0 bridgehead atoms. The van der Waals surface area contributed by atoms with Gasteiger partial charge in [0.2, 0.25) is 0 Å². The molecule has 0 amide bonds. The molecule has 0 saturated heterocycles. The molecule has 0 saturated carbocycles. The van der Waals surface area contributed by atoms with Crippen molar-refractivity contribution in [2.24, 2.45) is 0 Å². The summed E-state index contributed by atoms with van der Waals surface area (Å²) in [5, 5.41) is 0. The molecule has 0 spiro atoms. The molecule has 4 nitrogen and oxygen atoms in total. The Bertz CT molecular complexity index is 1300. The van der Waals surface area contributed by atoms with Crippen LogP contribution in [0.1, 0.15) is 25.7 Å². The molecule has 0 aliphatic heterocycles. The van der Waals surface area contributed by atoms with E-state index in [0.29, 0.717) is 26.2 Å². The maximum Gasteiger partial charge on any atom is 0.485 e. The largest absolute Gasteiger partial charge is 0.485 e. The first-order valence-corrected chi connectivity index (χ1v) is 30.6. The predicted molar refractivity (Wildman–Crippen MR) is 167 cm³/mol. The smallest absolute Gasteiger partial charge is 0.436 e. The van der Waals surface area contributed by atoms with Gasteiger partial charge in [-0.3, -0.25) is 0 Å². The van der Waals surface area contributed by atoms with Crippen LogP contribution >= 0.6 is 33.2 Å². The fourth-order valence-electron chi connectivity index (χ4n) is 4.69. The van der Waals surface area contributed by atoms with E-state index in [1.54, 1.807) is 0 Å². The molecule has 0 aliphatic carbocycles. The van der Waals surface area contributed by atoms with E-state index in [2.05, 4.69) is 0 Å². The summed E-state index contributed by atoms with van der Waals surface area (Å²) in [4.78, 5) is 0. The third-order valence-electron chi connectivity index (χ3n) is 7.31. The average Bonchev–Trinajstić information content (AvgIpc) is 2.89. The molecule has 0 aromatic carbocycles. The lowest BCUT2D eigenvalue weighted by Crippen LogP contribution is -2.70. The van der Waals surface area contributed by atoms with E-state index in [1.165, 1.54) is 0 Å². The van der Waals surface area contributed by atoms with Gasteiger partial charge in [0.1, 0.15) is 0 Å². The van der Waals surface area contributed by atoms with Gasteiger partial charge >= 0.3 is 86.2 Å². The summed E-state index contributed by atoms with van der Waals surface area (Å²) in [6, 6.07) is -5.76. The topological polar surface area (TPSA) is 36.9 Å². The molecule has 56 heavy (non-hydrogen) atoms. The number of halogens is 25. The van der Waals surface area contributed by atoms with Crippen LogP contribution in [0.4, 0.5) is 96.6 Å². The van der Waals surface area contributed by atoms with Crippen molar-refractivity contribution in [3.63, 3.8) is 0 Å². The van der Waals surface area contributed by atoms with Crippen molar-refractivity contribution in [1.82, 2.24) is 0 Å². The Morgan fingerprint density at radius 2 is 0.643 bits per heavy atom. The van der Waals surface area contributed by atoms with Gasteiger partial charge in [-0.05, 0) is 56.9 Å². The highest BCUT2D eigenvalue weighted by molar-refractivity contribution is 7.62. The highest BCUT2D eigenvalue weighted by atomic mass is 35.8. The Morgan fingerprint density at radius 3 is 0.929 bits per heavy atom. The Kier molecular flexibility index (Phi) is 17.6. The third-order valence-corrected chi connectivity index (χ3v) is 27.8. The first-order chi connectivity index (χ1) is 23.9. The van der Waals surface area contributed by atoms with Crippen LogP contribution in [0.15, 0.2) is 0 Å². The number of hydrogen-bond donors (Lipinski definition) is 0. The minimum Gasteiger partial charge on any atom is -0.436 e. The van der Waals surface area contributed by atoms with Crippen LogP contribution in [0.3, 0.4) is 0 Å². The zero-order valence-electron chi connectivity index (χ0n) is 28.7. The van der Waals surface area contributed by atoms with Crippen LogP contribution in [0.2, 0.25) is 56.9 Å². The Balaban J connectivity index is 7.05. The third kappa shape index (κ3) is 16.3. The SMILES string of the molecule is C[Si](C)(CCC(F)(F)C(F)(F)C(F)(F)C(F)(F)C(F)(F)C(F)(F)F)O[Si](C)(CCC(F)(F)F)O[Si](C)(CCC(F)(F)F)O[Si](C)(CCC(F)(F)F)O[Si](Cl)(Cl)Cl. The van der Waals surface area contributed by atoms with Crippen molar-refractivity contribution < 1.29 is 113 Å². The van der Waals surface area contributed by atoms with Crippen molar-refractivity contribution in [1.29, 1.82) is 0 Å². The molecular weight excluding hydrogens is 993 g/mol. The molecule has 0 aromatic rings. The standard InChI is InChI=1S/C22H31Cl3F22O4Si5/c1-52(2,10-6-14(26,27)18(37,38)19(39,40)20(41,42)21(43,44)22(45,46)47)48-53(3,11-7-15(28,29)30)49-54(4,12-8-16(31,32)33)50-55(5,51-56(23,24)25)13-9-17(34,35)36/h6-13H2,1-5H3. The molecule has 0 radical (unpaired) electrons. The Hall–Kier alpha value is 0.254. The average molecular weight is 1020 g/mol. The van der Waals surface area contributed by atoms with Crippen LogP contribution < -0.4 is 0 Å². The van der Waals surface area contributed by atoms with Crippen LogP contribution in [0.5, 0.6) is 0 Å². The van der Waals surface area contributed by atoms with Gasteiger partial charge in [-0.25, -0.2) is 0 Å². The highest BCUT2D eigenvalue weighted by Gasteiger charge is 2.90. The quantitative estimate of drug-likeness (QED) is 0.0652. The molecule has 0 aromatic heterocycles.